The second kappa shape index (κ2) is 7.53. The van der Waals surface area contributed by atoms with Gasteiger partial charge in [0.25, 0.3) is 0 Å². The highest BCUT2D eigenvalue weighted by atomic mass is 16.5. The van der Waals surface area contributed by atoms with Crippen molar-refractivity contribution >= 4 is 17.7 Å². The number of methoxy groups -OCH3 is 1. The van der Waals surface area contributed by atoms with Crippen molar-refractivity contribution in [1.29, 1.82) is 0 Å². The van der Waals surface area contributed by atoms with Crippen LogP contribution in [0, 0.1) is 0 Å². The number of amides is 1. The van der Waals surface area contributed by atoms with Crippen molar-refractivity contribution in [2.45, 2.75) is 24.8 Å². The van der Waals surface area contributed by atoms with Crippen molar-refractivity contribution in [2.24, 2.45) is 0 Å². The molecule has 2 saturated heterocycles. The number of aromatic nitrogens is 2. The topological polar surface area (TPSA) is 87.8 Å². The van der Waals surface area contributed by atoms with Crippen LogP contribution in [0.1, 0.15) is 19.3 Å². The number of carbonyl (C=O) groups is 1. The minimum absolute atomic E-state index is 0.0380. The van der Waals surface area contributed by atoms with E-state index in [-0.39, 0.29) is 11.4 Å². The number of likely N-dealkylation sites (tertiary alicyclic amines) is 1. The first-order valence-corrected chi connectivity index (χ1v) is 8.85. The van der Waals surface area contributed by atoms with Gasteiger partial charge in [-0.3, -0.25) is 9.69 Å². The maximum atomic E-state index is 12.4. The van der Waals surface area contributed by atoms with Crippen LogP contribution in [0.2, 0.25) is 0 Å². The lowest BCUT2D eigenvalue weighted by Gasteiger charge is -2.49. The molecule has 2 aliphatic heterocycles. The SMILES string of the molecule is COCCN1CC[C@]2(CCC1=O)CN(c1nccc(N)n1)CCN2C. The highest BCUT2D eigenvalue weighted by molar-refractivity contribution is 5.76. The van der Waals surface area contributed by atoms with E-state index in [4.69, 9.17) is 10.5 Å². The van der Waals surface area contributed by atoms with E-state index >= 15 is 0 Å². The van der Waals surface area contributed by atoms with Crippen LogP contribution in [0.15, 0.2) is 12.3 Å². The number of carbonyl (C=O) groups excluding carboxylic acids is 1. The van der Waals surface area contributed by atoms with Gasteiger partial charge in [-0.05, 0) is 26.0 Å². The zero-order valence-electron chi connectivity index (χ0n) is 15.1. The Labute approximate surface area is 148 Å². The predicted molar refractivity (Wildman–Crippen MR) is 96.3 cm³/mol. The third-order valence-corrected chi connectivity index (χ3v) is 5.52. The molecule has 1 aromatic rings. The maximum absolute atomic E-state index is 12.4. The Morgan fingerprint density at radius 1 is 1.32 bits per heavy atom. The van der Waals surface area contributed by atoms with Gasteiger partial charge >= 0.3 is 0 Å². The van der Waals surface area contributed by atoms with E-state index in [0.29, 0.717) is 31.3 Å². The molecule has 8 nitrogen and oxygen atoms in total. The molecule has 2 aliphatic rings. The minimum Gasteiger partial charge on any atom is -0.384 e. The summed E-state index contributed by atoms with van der Waals surface area (Å²) >= 11 is 0. The standard InChI is InChI=1S/C17H28N6O2/c1-21-9-10-23(16-19-7-4-14(18)20-16)13-17(21)5-3-15(24)22(8-6-17)11-12-25-2/h4,7H,3,5-6,8-13H2,1-2H3,(H2,18,19,20)/t17-/m1/s1. The fourth-order valence-corrected chi connectivity index (χ4v) is 3.82. The molecule has 3 heterocycles. The second-order valence-corrected chi connectivity index (χ2v) is 6.97. The van der Waals surface area contributed by atoms with E-state index in [1.54, 1.807) is 19.4 Å². The minimum atomic E-state index is -0.0380. The number of nitrogens with two attached hydrogens (primary N) is 1. The molecule has 25 heavy (non-hydrogen) atoms. The number of ether oxygens (including phenoxy) is 1. The molecule has 0 radical (unpaired) electrons. The van der Waals surface area contributed by atoms with E-state index in [9.17, 15) is 4.79 Å². The first kappa shape index (κ1) is 17.9. The van der Waals surface area contributed by atoms with E-state index < -0.39 is 0 Å². The fourth-order valence-electron chi connectivity index (χ4n) is 3.82. The highest BCUT2D eigenvalue weighted by Crippen LogP contribution is 2.33. The second-order valence-electron chi connectivity index (χ2n) is 6.97. The van der Waals surface area contributed by atoms with Crippen LogP contribution in [0.5, 0.6) is 0 Å². The van der Waals surface area contributed by atoms with Gasteiger partial charge in [-0.25, -0.2) is 4.98 Å². The highest BCUT2D eigenvalue weighted by Gasteiger charge is 2.42. The normalized spacial score (nSPS) is 25.4. The monoisotopic (exact) mass is 348 g/mol. The van der Waals surface area contributed by atoms with Crippen LogP contribution in [-0.4, -0.2) is 84.7 Å². The quantitative estimate of drug-likeness (QED) is 0.832. The van der Waals surface area contributed by atoms with Crippen LogP contribution in [0.25, 0.3) is 0 Å². The summed E-state index contributed by atoms with van der Waals surface area (Å²) in [6.07, 6.45) is 4.06. The molecular formula is C17H28N6O2. The number of likely N-dealkylation sites (N-methyl/N-ethyl adjacent to an activating group) is 1. The zero-order valence-corrected chi connectivity index (χ0v) is 15.1. The van der Waals surface area contributed by atoms with Gasteiger partial charge in [0.15, 0.2) is 0 Å². The van der Waals surface area contributed by atoms with Gasteiger partial charge in [0.2, 0.25) is 11.9 Å². The van der Waals surface area contributed by atoms with Crippen molar-refractivity contribution in [1.82, 2.24) is 19.8 Å². The Morgan fingerprint density at radius 2 is 2.16 bits per heavy atom. The average molecular weight is 348 g/mol. The van der Waals surface area contributed by atoms with E-state index in [0.717, 1.165) is 39.0 Å². The molecule has 0 saturated carbocycles. The van der Waals surface area contributed by atoms with Gasteiger partial charge in [0.05, 0.1) is 6.61 Å². The Balaban J connectivity index is 1.75. The van der Waals surface area contributed by atoms with Gasteiger partial charge < -0.3 is 20.3 Å². The number of rotatable bonds is 4. The van der Waals surface area contributed by atoms with Crippen molar-refractivity contribution < 1.29 is 9.53 Å². The van der Waals surface area contributed by atoms with Gasteiger partial charge in [-0.1, -0.05) is 0 Å². The maximum Gasteiger partial charge on any atom is 0.227 e. The molecule has 1 spiro atoms. The Kier molecular flexibility index (Phi) is 5.39. The summed E-state index contributed by atoms with van der Waals surface area (Å²) in [6.45, 7) is 4.61. The molecule has 2 N–H and O–H groups in total. The largest absolute Gasteiger partial charge is 0.384 e. The summed E-state index contributed by atoms with van der Waals surface area (Å²) in [4.78, 5) is 27.7. The Bertz CT molecular complexity index is 613. The predicted octanol–water partition coefficient (Wildman–Crippen LogP) is 0.208. The third kappa shape index (κ3) is 3.85. The Morgan fingerprint density at radius 3 is 2.92 bits per heavy atom. The third-order valence-electron chi connectivity index (χ3n) is 5.52. The molecule has 2 fully saturated rings. The van der Waals surface area contributed by atoms with Crippen molar-refractivity contribution in [2.75, 3.05) is 64.1 Å². The number of hydrogen-bond donors (Lipinski definition) is 1. The molecule has 0 bridgehead atoms. The van der Waals surface area contributed by atoms with Gasteiger partial charge in [-0.15, -0.1) is 0 Å². The van der Waals surface area contributed by atoms with Crippen molar-refractivity contribution in [3.63, 3.8) is 0 Å². The molecule has 1 amide bonds. The van der Waals surface area contributed by atoms with E-state index in [1.807, 2.05) is 4.90 Å². The molecular weight excluding hydrogens is 320 g/mol. The van der Waals surface area contributed by atoms with Crippen LogP contribution in [0.3, 0.4) is 0 Å². The smallest absolute Gasteiger partial charge is 0.227 e. The van der Waals surface area contributed by atoms with E-state index in [1.165, 1.54) is 0 Å². The van der Waals surface area contributed by atoms with Crippen LogP contribution >= 0.6 is 0 Å². The molecule has 1 atom stereocenters. The molecule has 3 rings (SSSR count). The fraction of sp³-hybridized carbons (Fsp3) is 0.706. The first-order valence-electron chi connectivity index (χ1n) is 8.85. The number of nitrogens with zero attached hydrogens (tertiary/aromatic N) is 5. The van der Waals surface area contributed by atoms with Gasteiger partial charge in [0, 0.05) is 58.0 Å². The molecule has 8 heteroatoms. The van der Waals surface area contributed by atoms with Gasteiger partial charge in [0.1, 0.15) is 5.82 Å². The summed E-state index contributed by atoms with van der Waals surface area (Å²) in [5, 5.41) is 0. The number of hydrogen-bond acceptors (Lipinski definition) is 7. The summed E-state index contributed by atoms with van der Waals surface area (Å²) in [5.74, 6) is 1.39. The molecule has 0 aliphatic carbocycles. The average Bonchev–Trinajstić information content (AvgIpc) is 2.76. The van der Waals surface area contributed by atoms with Crippen molar-refractivity contribution in [3.05, 3.63) is 12.3 Å². The van der Waals surface area contributed by atoms with Gasteiger partial charge in [-0.2, -0.15) is 4.98 Å². The molecule has 0 unspecified atom stereocenters. The lowest BCUT2D eigenvalue weighted by Crippen LogP contribution is -2.61. The molecule has 0 aromatic carbocycles. The first-order chi connectivity index (χ1) is 12.0. The Hall–Kier alpha value is -1.93. The zero-order chi connectivity index (χ0) is 17.9. The van der Waals surface area contributed by atoms with E-state index in [2.05, 4.69) is 26.8 Å². The summed E-state index contributed by atoms with van der Waals surface area (Å²) in [5.41, 5.74) is 5.78. The lowest BCUT2D eigenvalue weighted by atomic mass is 9.86. The number of nitrogen functional groups attached to an aromatic ring is 1. The number of anilines is 2. The van der Waals surface area contributed by atoms with Crippen LogP contribution in [0.4, 0.5) is 11.8 Å². The summed E-state index contributed by atoms with van der Waals surface area (Å²) < 4.78 is 5.14. The molecule has 138 valence electrons. The molecule has 1 aromatic heterocycles. The number of piperazine rings is 1. The summed E-state index contributed by atoms with van der Waals surface area (Å²) in [6, 6.07) is 1.70. The summed E-state index contributed by atoms with van der Waals surface area (Å²) in [7, 11) is 3.83. The van der Waals surface area contributed by atoms with Crippen LogP contribution in [-0.2, 0) is 9.53 Å². The lowest BCUT2D eigenvalue weighted by molar-refractivity contribution is -0.131. The van der Waals surface area contributed by atoms with Crippen LogP contribution < -0.4 is 10.6 Å². The van der Waals surface area contributed by atoms with Crippen molar-refractivity contribution in [3.8, 4) is 0 Å².